The fraction of sp³-hybridized carbons (Fsp3) is 0.333. The first-order valence-corrected chi connectivity index (χ1v) is 8.64. The summed E-state index contributed by atoms with van der Waals surface area (Å²) in [4.78, 5) is 0. The molecule has 0 aliphatic carbocycles. The molecule has 0 radical (unpaired) electrons. The Morgan fingerprint density at radius 3 is 2.65 bits per heavy atom. The number of methoxy groups -OCH3 is 1. The molecule has 0 bridgehead atoms. The molecule has 0 amide bonds. The van der Waals surface area contributed by atoms with Crippen molar-refractivity contribution >= 4 is 27.5 Å². The monoisotopic (exact) mass is 397 g/mol. The largest absolute Gasteiger partial charge is 0.493 e. The summed E-state index contributed by atoms with van der Waals surface area (Å²) in [7, 11) is 1.65. The first-order valence-electron chi connectivity index (χ1n) is 7.47. The fourth-order valence-corrected chi connectivity index (χ4v) is 2.82. The van der Waals surface area contributed by atoms with E-state index in [1.807, 2.05) is 36.4 Å². The van der Waals surface area contributed by atoms with Crippen molar-refractivity contribution in [2.45, 2.75) is 33.0 Å². The molecule has 0 saturated carbocycles. The Hall–Kier alpha value is -1.23. The standard InChI is InChI=1S/C18H21BrClNO2/c1-12(2)21-10-15-16(19)7-8-17(22-3)18(15)23-11-13-5-4-6-14(20)9-13/h4-9,12,21H,10-11H2,1-3H3. The third-order valence-electron chi connectivity index (χ3n) is 3.35. The van der Waals surface area contributed by atoms with Gasteiger partial charge in [0.25, 0.3) is 0 Å². The van der Waals surface area contributed by atoms with Crippen molar-refractivity contribution < 1.29 is 9.47 Å². The van der Waals surface area contributed by atoms with E-state index in [1.165, 1.54) is 0 Å². The van der Waals surface area contributed by atoms with Crippen LogP contribution in [0, 0.1) is 0 Å². The molecule has 2 rings (SSSR count). The van der Waals surface area contributed by atoms with Crippen LogP contribution in [0.25, 0.3) is 0 Å². The Morgan fingerprint density at radius 1 is 1.22 bits per heavy atom. The van der Waals surface area contributed by atoms with Crippen molar-refractivity contribution in [3.05, 3.63) is 57.0 Å². The molecule has 0 aliphatic rings. The van der Waals surface area contributed by atoms with E-state index in [0.29, 0.717) is 24.2 Å². The zero-order chi connectivity index (χ0) is 16.8. The molecule has 2 aromatic carbocycles. The van der Waals surface area contributed by atoms with Crippen LogP contribution in [0.2, 0.25) is 5.02 Å². The maximum absolute atomic E-state index is 6.06. The summed E-state index contributed by atoms with van der Waals surface area (Å²) in [5.74, 6) is 1.46. The van der Waals surface area contributed by atoms with Crippen LogP contribution in [0.4, 0.5) is 0 Å². The van der Waals surface area contributed by atoms with Gasteiger partial charge in [-0.3, -0.25) is 0 Å². The van der Waals surface area contributed by atoms with E-state index in [4.69, 9.17) is 21.1 Å². The van der Waals surface area contributed by atoms with Gasteiger partial charge in [0, 0.05) is 27.6 Å². The smallest absolute Gasteiger partial charge is 0.167 e. The average Bonchev–Trinajstić information content (AvgIpc) is 2.51. The highest BCUT2D eigenvalue weighted by Crippen LogP contribution is 2.37. The highest BCUT2D eigenvalue weighted by molar-refractivity contribution is 9.10. The number of nitrogens with one attached hydrogen (secondary N) is 1. The lowest BCUT2D eigenvalue weighted by Gasteiger charge is -2.18. The molecule has 0 aliphatic heterocycles. The summed E-state index contributed by atoms with van der Waals surface area (Å²) in [6.07, 6.45) is 0. The predicted octanol–water partition coefficient (Wildman–Crippen LogP) is 5.19. The highest BCUT2D eigenvalue weighted by Gasteiger charge is 2.15. The maximum Gasteiger partial charge on any atom is 0.167 e. The minimum atomic E-state index is 0.383. The molecule has 0 heterocycles. The van der Waals surface area contributed by atoms with E-state index < -0.39 is 0 Å². The van der Waals surface area contributed by atoms with Crippen LogP contribution in [0.5, 0.6) is 11.5 Å². The zero-order valence-corrected chi connectivity index (χ0v) is 15.9. The second-order valence-electron chi connectivity index (χ2n) is 5.51. The molecule has 124 valence electrons. The molecular formula is C18H21BrClNO2. The number of halogens is 2. The molecule has 0 unspecified atom stereocenters. The lowest BCUT2D eigenvalue weighted by molar-refractivity contribution is 0.280. The normalized spacial score (nSPS) is 10.9. The van der Waals surface area contributed by atoms with Crippen molar-refractivity contribution in [3.8, 4) is 11.5 Å². The molecular weight excluding hydrogens is 378 g/mol. The zero-order valence-electron chi connectivity index (χ0n) is 13.5. The molecule has 1 N–H and O–H groups in total. The van der Waals surface area contributed by atoms with Gasteiger partial charge in [-0.2, -0.15) is 0 Å². The second-order valence-corrected chi connectivity index (χ2v) is 6.80. The van der Waals surface area contributed by atoms with Gasteiger partial charge in [0.05, 0.1) is 7.11 Å². The summed E-state index contributed by atoms with van der Waals surface area (Å²) in [6, 6.07) is 11.9. The third-order valence-corrected chi connectivity index (χ3v) is 4.32. The first-order chi connectivity index (χ1) is 11.0. The number of ether oxygens (including phenoxy) is 2. The van der Waals surface area contributed by atoms with Gasteiger partial charge >= 0.3 is 0 Å². The van der Waals surface area contributed by atoms with E-state index in [1.54, 1.807) is 7.11 Å². The van der Waals surface area contributed by atoms with Gasteiger partial charge in [-0.15, -0.1) is 0 Å². The summed E-state index contributed by atoms with van der Waals surface area (Å²) < 4.78 is 12.5. The van der Waals surface area contributed by atoms with Crippen LogP contribution in [-0.4, -0.2) is 13.2 Å². The lowest BCUT2D eigenvalue weighted by atomic mass is 10.1. The average molecular weight is 399 g/mol. The molecule has 0 fully saturated rings. The molecule has 0 saturated heterocycles. The summed E-state index contributed by atoms with van der Waals surface area (Å²) in [5, 5.41) is 4.12. The Morgan fingerprint density at radius 2 is 2.00 bits per heavy atom. The first kappa shape index (κ1) is 18.1. The molecule has 5 heteroatoms. The minimum Gasteiger partial charge on any atom is -0.493 e. The van der Waals surface area contributed by atoms with Crippen LogP contribution in [0.15, 0.2) is 40.9 Å². The van der Waals surface area contributed by atoms with Crippen molar-refractivity contribution in [2.75, 3.05) is 7.11 Å². The minimum absolute atomic E-state index is 0.383. The summed E-state index contributed by atoms with van der Waals surface area (Å²) in [5.41, 5.74) is 2.06. The number of hydrogen-bond donors (Lipinski definition) is 1. The summed E-state index contributed by atoms with van der Waals surface area (Å²) in [6.45, 7) is 5.35. The van der Waals surface area contributed by atoms with Crippen LogP contribution in [0.1, 0.15) is 25.0 Å². The van der Waals surface area contributed by atoms with Gasteiger partial charge in [0.1, 0.15) is 6.61 Å². The second kappa shape index (κ2) is 8.57. The molecule has 0 spiro atoms. The van der Waals surface area contributed by atoms with Crippen LogP contribution in [0.3, 0.4) is 0 Å². The lowest BCUT2D eigenvalue weighted by Crippen LogP contribution is -2.22. The van der Waals surface area contributed by atoms with Crippen molar-refractivity contribution in [1.29, 1.82) is 0 Å². The van der Waals surface area contributed by atoms with Gasteiger partial charge in [0.15, 0.2) is 11.5 Å². The predicted molar refractivity (Wildman–Crippen MR) is 98.5 cm³/mol. The van der Waals surface area contributed by atoms with Crippen LogP contribution >= 0.6 is 27.5 Å². The van der Waals surface area contributed by atoms with Gasteiger partial charge in [-0.05, 0) is 29.8 Å². The van der Waals surface area contributed by atoms with Crippen molar-refractivity contribution in [3.63, 3.8) is 0 Å². The Bertz CT molecular complexity index is 661. The van der Waals surface area contributed by atoms with Crippen molar-refractivity contribution in [2.24, 2.45) is 0 Å². The van der Waals surface area contributed by atoms with Crippen LogP contribution < -0.4 is 14.8 Å². The molecule has 23 heavy (non-hydrogen) atoms. The maximum atomic E-state index is 6.06. The van der Waals surface area contributed by atoms with E-state index >= 15 is 0 Å². The Labute approximate surface area is 151 Å². The Balaban J connectivity index is 2.25. The van der Waals surface area contributed by atoms with E-state index in [2.05, 4.69) is 35.1 Å². The van der Waals surface area contributed by atoms with E-state index in [9.17, 15) is 0 Å². The quantitative estimate of drug-likeness (QED) is 0.696. The van der Waals surface area contributed by atoms with Gasteiger partial charge in [-0.25, -0.2) is 0 Å². The topological polar surface area (TPSA) is 30.5 Å². The number of hydrogen-bond acceptors (Lipinski definition) is 3. The van der Waals surface area contributed by atoms with Gasteiger partial charge < -0.3 is 14.8 Å². The molecule has 0 aromatic heterocycles. The third kappa shape index (κ3) is 5.13. The summed E-state index contributed by atoms with van der Waals surface area (Å²) >= 11 is 9.63. The van der Waals surface area contributed by atoms with Crippen LogP contribution in [-0.2, 0) is 13.2 Å². The van der Waals surface area contributed by atoms with E-state index in [-0.39, 0.29) is 0 Å². The molecule has 0 atom stereocenters. The molecule has 2 aromatic rings. The highest BCUT2D eigenvalue weighted by atomic mass is 79.9. The van der Waals surface area contributed by atoms with Gasteiger partial charge in [-0.1, -0.05) is 53.5 Å². The number of rotatable bonds is 7. The SMILES string of the molecule is COc1ccc(Br)c(CNC(C)C)c1OCc1cccc(Cl)c1. The van der Waals surface area contributed by atoms with E-state index in [0.717, 1.165) is 27.1 Å². The number of benzene rings is 2. The Kier molecular flexibility index (Phi) is 6.75. The van der Waals surface area contributed by atoms with Crippen molar-refractivity contribution in [1.82, 2.24) is 5.32 Å². The fourth-order valence-electron chi connectivity index (χ4n) is 2.15. The van der Waals surface area contributed by atoms with Gasteiger partial charge in [0.2, 0.25) is 0 Å². The molecule has 3 nitrogen and oxygen atoms in total.